The Morgan fingerprint density at radius 3 is 2.80 bits per heavy atom. The molecule has 5 nitrogen and oxygen atoms in total. The second kappa shape index (κ2) is 5.75. The molecule has 0 spiro atoms. The van der Waals surface area contributed by atoms with E-state index in [1.54, 1.807) is 12.1 Å². The fraction of sp³-hybridized carbons (Fsp3) is 0.462. The quantitative estimate of drug-likeness (QED) is 0.893. The number of carbonyl (C=O) groups excluding carboxylic acids is 1. The largest absolute Gasteiger partial charge is 0.324 e. The molecule has 2 rings (SSSR count). The number of carbonyl (C=O) groups is 1. The van der Waals surface area contributed by atoms with Crippen molar-refractivity contribution in [3.63, 3.8) is 0 Å². The van der Waals surface area contributed by atoms with Crippen molar-refractivity contribution in [1.29, 1.82) is 0 Å². The Morgan fingerprint density at radius 1 is 1.45 bits per heavy atom. The minimum atomic E-state index is -3.55. The van der Waals surface area contributed by atoms with Gasteiger partial charge in [-0.15, -0.1) is 11.8 Å². The van der Waals surface area contributed by atoms with E-state index in [2.05, 4.69) is 10.0 Å². The van der Waals surface area contributed by atoms with E-state index in [4.69, 9.17) is 0 Å². The molecule has 0 bridgehead atoms. The molecule has 2 atom stereocenters. The number of benzene rings is 1. The minimum Gasteiger partial charge on any atom is -0.324 e. The van der Waals surface area contributed by atoms with Crippen LogP contribution in [0.4, 0.5) is 5.69 Å². The summed E-state index contributed by atoms with van der Waals surface area (Å²) in [4.78, 5) is 12.7. The van der Waals surface area contributed by atoms with Gasteiger partial charge in [0.15, 0.2) is 0 Å². The molecule has 0 aromatic heterocycles. The van der Waals surface area contributed by atoms with E-state index in [1.807, 2.05) is 20.8 Å². The first-order valence-electron chi connectivity index (χ1n) is 6.47. The summed E-state index contributed by atoms with van der Waals surface area (Å²) in [5.41, 5.74) is 0.560. The van der Waals surface area contributed by atoms with E-state index in [1.165, 1.54) is 17.8 Å². The van der Waals surface area contributed by atoms with Crippen LogP contribution in [0.1, 0.15) is 27.2 Å². The van der Waals surface area contributed by atoms with E-state index in [0.717, 1.165) is 4.90 Å². The second-order valence-corrected chi connectivity index (χ2v) is 7.93. The molecule has 2 N–H and O–H groups in total. The summed E-state index contributed by atoms with van der Waals surface area (Å²) in [6.45, 7) is 5.55. The number of thioether (sulfide) groups is 1. The van der Waals surface area contributed by atoms with Crippen LogP contribution in [0.2, 0.25) is 0 Å². The minimum absolute atomic E-state index is 0.105. The van der Waals surface area contributed by atoms with Crippen molar-refractivity contribution in [3.8, 4) is 0 Å². The fourth-order valence-electron chi connectivity index (χ4n) is 1.77. The summed E-state index contributed by atoms with van der Waals surface area (Å²) in [7, 11) is -3.55. The van der Waals surface area contributed by atoms with Crippen LogP contribution in [-0.4, -0.2) is 25.6 Å². The lowest BCUT2D eigenvalue weighted by Gasteiger charge is -2.22. The van der Waals surface area contributed by atoms with Crippen molar-refractivity contribution in [2.75, 3.05) is 5.32 Å². The summed E-state index contributed by atoms with van der Waals surface area (Å²) >= 11 is 1.43. The third-order valence-corrected chi connectivity index (χ3v) is 5.93. The zero-order valence-corrected chi connectivity index (χ0v) is 13.3. The molecule has 1 heterocycles. The predicted molar refractivity (Wildman–Crippen MR) is 80.5 cm³/mol. The van der Waals surface area contributed by atoms with Gasteiger partial charge >= 0.3 is 0 Å². The van der Waals surface area contributed by atoms with Gasteiger partial charge in [0.2, 0.25) is 15.9 Å². The maximum Gasteiger partial charge on any atom is 0.240 e. The molecule has 1 aromatic rings. The molecule has 0 saturated heterocycles. The molecule has 1 aliphatic rings. The summed E-state index contributed by atoms with van der Waals surface area (Å²) in [6, 6.07) is 4.69. The molecular formula is C13H18N2O3S2. The van der Waals surface area contributed by atoms with Gasteiger partial charge in [-0.1, -0.05) is 6.92 Å². The van der Waals surface area contributed by atoms with Crippen LogP contribution in [0.3, 0.4) is 0 Å². The normalized spacial score (nSPS) is 20.1. The van der Waals surface area contributed by atoms with Gasteiger partial charge in [-0.25, -0.2) is 13.1 Å². The van der Waals surface area contributed by atoms with E-state index < -0.39 is 10.0 Å². The van der Waals surface area contributed by atoms with Crippen LogP contribution in [0.25, 0.3) is 0 Å². The number of amides is 1. The molecule has 0 fully saturated rings. The number of hydrogen-bond acceptors (Lipinski definition) is 4. The van der Waals surface area contributed by atoms with E-state index >= 15 is 0 Å². The maximum atomic E-state index is 12.2. The van der Waals surface area contributed by atoms with Crippen molar-refractivity contribution < 1.29 is 13.2 Å². The van der Waals surface area contributed by atoms with Crippen LogP contribution in [0, 0.1) is 0 Å². The third-order valence-electron chi connectivity index (χ3n) is 3.16. The molecule has 0 aliphatic carbocycles. The van der Waals surface area contributed by atoms with Crippen molar-refractivity contribution in [2.24, 2.45) is 0 Å². The van der Waals surface area contributed by atoms with Crippen LogP contribution in [0.5, 0.6) is 0 Å². The zero-order chi connectivity index (χ0) is 14.9. The highest BCUT2D eigenvalue weighted by Crippen LogP contribution is 2.36. The van der Waals surface area contributed by atoms with E-state index in [-0.39, 0.29) is 22.1 Å². The lowest BCUT2D eigenvalue weighted by Crippen LogP contribution is -2.32. The molecule has 0 saturated carbocycles. The number of sulfonamides is 1. The van der Waals surface area contributed by atoms with Gasteiger partial charge in [0.25, 0.3) is 0 Å². The van der Waals surface area contributed by atoms with Gasteiger partial charge in [0.05, 0.1) is 15.8 Å². The molecular weight excluding hydrogens is 296 g/mol. The van der Waals surface area contributed by atoms with Crippen LogP contribution < -0.4 is 10.0 Å². The standard InChI is InChI=1S/C13H18N2O3S2/c1-4-8(2)15-20(17,18)10-5-6-12-11(7-10)14-13(16)9(3)19-12/h5-9,15H,4H2,1-3H3,(H,14,16)/t8-,9-/m0/s1. The van der Waals surface area contributed by atoms with Gasteiger partial charge in [-0.3, -0.25) is 4.79 Å². The molecule has 1 aliphatic heterocycles. The van der Waals surface area contributed by atoms with Gasteiger partial charge < -0.3 is 5.32 Å². The Kier molecular flexibility index (Phi) is 4.41. The zero-order valence-electron chi connectivity index (χ0n) is 11.6. The van der Waals surface area contributed by atoms with Crippen LogP contribution in [0.15, 0.2) is 28.0 Å². The monoisotopic (exact) mass is 314 g/mol. The molecule has 1 amide bonds. The molecule has 1 aromatic carbocycles. The molecule has 0 radical (unpaired) electrons. The second-order valence-electron chi connectivity index (χ2n) is 4.84. The molecule has 0 unspecified atom stereocenters. The number of hydrogen-bond donors (Lipinski definition) is 2. The molecule has 110 valence electrons. The molecule has 7 heteroatoms. The SMILES string of the molecule is CC[C@H](C)NS(=O)(=O)c1ccc2c(c1)NC(=O)[C@H](C)S2. The van der Waals surface area contributed by atoms with Gasteiger partial charge in [0.1, 0.15) is 0 Å². The maximum absolute atomic E-state index is 12.2. The summed E-state index contributed by atoms with van der Waals surface area (Å²) in [5.74, 6) is -0.105. The Bertz CT molecular complexity index is 629. The topological polar surface area (TPSA) is 75.3 Å². The smallest absolute Gasteiger partial charge is 0.240 e. The van der Waals surface area contributed by atoms with Crippen molar-refractivity contribution >= 4 is 33.4 Å². The average molecular weight is 314 g/mol. The summed E-state index contributed by atoms with van der Waals surface area (Å²) < 4.78 is 27.0. The highest BCUT2D eigenvalue weighted by Gasteiger charge is 2.25. The summed E-state index contributed by atoms with van der Waals surface area (Å²) in [6.07, 6.45) is 0.717. The van der Waals surface area contributed by atoms with Crippen LogP contribution >= 0.6 is 11.8 Å². The molecule has 20 heavy (non-hydrogen) atoms. The Labute approximate surface area is 123 Å². The first-order valence-corrected chi connectivity index (χ1v) is 8.83. The van der Waals surface area contributed by atoms with Gasteiger partial charge in [-0.2, -0.15) is 0 Å². The average Bonchev–Trinajstić information content (AvgIpc) is 2.39. The van der Waals surface area contributed by atoms with E-state index in [9.17, 15) is 13.2 Å². The number of fused-ring (bicyclic) bond motifs is 1. The first-order chi connectivity index (χ1) is 9.33. The van der Waals surface area contributed by atoms with Crippen molar-refractivity contribution in [3.05, 3.63) is 18.2 Å². The number of rotatable bonds is 4. The van der Waals surface area contributed by atoms with Gasteiger partial charge in [-0.05, 0) is 38.5 Å². The van der Waals surface area contributed by atoms with Crippen LogP contribution in [-0.2, 0) is 14.8 Å². The predicted octanol–water partition coefficient (Wildman–Crippen LogP) is 2.20. The lowest BCUT2D eigenvalue weighted by atomic mass is 10.3. The number of anilines is 1. The Morgan fingerprint density at radius 2 is 2.15 bits per heavy atom. The Balaban J connectivity index is 2.32. The fourth-order valence-corrected chi connectivity index (χ4v) is 4.05. The number of nitrogens with one attached hydrogen (secondary N) is 2. The van der Waals surface area contributed by atoms with E-state index in [0.29, 0.717) is 12.1 Å². The Hall–Kier alpha value is -1.05. The van der Waals surface area contributed by atoms with Gasteiger partial charge in [0, 0.05) is 10.9 Å². The summed E-state index contributed by atoms with van der Waals surface area (Å²) in [5, 5.41) is 2.57. The first kappa shape index (κ1) is 15.3. The highest BCUT2D eigenvalue weighted by atomic mass is 32.2. The third kappa shape index (κ3) is 3.16. The lowest BCUT2D eigenvalue weighted by molar-refractivity contribution is -0.115. The van der Waals surface area contributed by atoms with Crippen molar-refractivity contribution in [2.45, 2.75) is 48.3 Å². The highest BCUT2D eigenvalue weighted by molar-refractivity contribution is 8.01. The van der Waals surface area contributed by atoms with Crippen molar-refractivity contribution in [1.82, 2.24) is 4.72 Å².